The maximum Gasteiger partial charge on any atom is 0.416 e. The number of hydrogen-bond donors (Lipinski definition) is 1. The van der Waals surface area contributed by atoms with Gasteiger partial charge >= 0.3 is 6.18 Å². The molecule has 0 radical (unpaired) electrons. The summed E-state index contributed by atoms with van der Waals surface area (Å²) in [4.78, 5) is 19.4. The summed E-state index contributed by atoms with van der Waals surface area (Å²) >= 11 is 0. The average molecular weight is 514 g/mol. The van der Waals surface area contributed by atoms with Crippen molar-refractivity contribution in [1.29, 1.82) is 0 Å². The summed E-state index contributed by atoms with van der Waals surface area (Å²) in [6, 6.07) is 16.3. The third-order valence-electron chi connectivity index (χ3n) is 6.41. The van der Waals surface area contributed by atoms with E-state index in [1.807, 2.05) is 36.4 Å². The number of piperidine rings is 1. The summed E-state index contributed by atoms with van der Waals surface area (Å²) < 4.78 is 50.2. The van der Waals surface area contributed by atoms with E-state index in [-0.39, 0.29) is 30.1 Å². The van der Waals surface area contributed by atoms with Gasteiger partial charge < -0.3 is 14.8 Å². The fourth-order valence-corrected chi connectivity index (χ4v) is 4.54. The summed E-state index contributed by atoms with van der Waals surface area (Å²) in [6.45, 7) is 2.51. The number of carbonyl (C=O) groups excluding carboxylic acids is 1. The van der Waals surface area contributed by atoms with E-state index >= 15 is 0 Å². The summed E-state index contributed by atoms with van der Waals surface area (Å²) in [7, 11) is 1.60. The topological polar surface area (TPSA) is 63.7 Å². The van der Waals surface area contributed by atoms with Gasteiger partial charge in [0.25, 0.3) is 0 Å². The quantitative estimate of drug-likeness (QED) is 0.439. The Balaban J connectivity index is 1.41. The molecule has 0 aliphatic carbocycles. The Kier molecular flexibility index (Phi) is 8.66. The van der Waals surface area contributed by atoms with Crippen LogP contribution in [-0.4, -0.2) is 42.6 Å². The molecule has 0 saturated carbocycles. The Bertz CT molecular complexity index is 1160. The van der Waals surface area contributed by atoms with Crippen molar-refractivity contribution < 1.29 is 27.4 Å². The van der Waals surface area contributed by atoms with Gasteiger partial charge in [-0.2, -0.15) is 13.2 Å². The lowest BCUT2D eigenvalue weighted by Gasteiger charge is -2.37. The Labute approximate surface area is 214 Å². The molecular weight excluding hydrogens is 483 g/mol. The summed E-state index contributed by atoms with van der Waals surface area (Å²) in [5.41, 5.74) is 1.29. The fraction of sp³-hybridized carbons (Fsp3) is 0.357. The SMILES string of the molecule is COc1ccc(CNC(=O)[C@@H]2C[C@H](COc3cccc(C(F)(F)F)c3)CN(Cc3ccncc3)C2)cc1. The minimum atomic E-state index is -4.43. The molecule has 4 rings (SSSR count). The van der Waals surface area contributed by atoms with Crippen molar-refractivity contribution >= 4 is 5.91 Å². The monoisotopic (exact) mass is 513 g/mol. The number of methoxy groups -OCH3 is 1. The lowest BCUT2D eigenvalue weighted by Crippen LogP contribution is -2.47. The van der Waals surface area contributed by atoms with Crippen LogP contribution in [0.2, 0.25) is 0 Å². The van der Waals surface area contributed by atoms with Gasteiger partial charge in [0.1, 0.15) is 11.5 Å². The molecule has 9 heteroatoms. The first-order chi connectivity index (χ1) is 17.8. The van der Waals surface area contributed by atoms with Crippen molar-refractivity contribution in [3.63, 3.8) is 0 Å². The van der Waals surface area contributed by atoms with Gasteiger partial charge in [-0.1, -0.05) is 18.2 Å². The van der Waals surface area contributed by atoms with Gasteiger partial charge in [-0.15, -0.1) is 0 Å². The molecule has 1 aromatic heterocycles. The minimum absolute atomic E-state index is 0.0260. The number of halogens is 3. The second-order valence-corrected chi connectivity index (χ2v) is 9.25. The van der Waals surface area contributed by atoms with Gasteiger partial charge in [-0.3, -0.25) is 14.7 Å². The number of rotatable bonds is 9. The highest BCUT2D eigenvalue weighted by molar-refractivity contribution is 5.79. The number of amides is 1. The molecule has 37 heavy (non-hydrogen) atoms. The Morgan fingerprint density at radius 1 is 1.03 bits per heavy atom. The molecule has 1 fully saturated rings. The van der Waals surface area contributed by atoms with Crippen molar-refractivity contribution in [3.8, 4) is 11.5 Å². The third kappa shape index (κ3) is 7.69. The van der Waals surface area contributed by atoms with Crippen LogP contribution in [0.1, 0.15) is 23.1 Å². The number of hydrogen-bond acceptors (Lipinski definition) is 5. The zero-order valence-corrected chi connectivity index (χ0v) is 20.6. The minimum Gasteiger partial charge on any atom is -0.497 e. The number of aromatic nitrogens is 1. The first-order valence-corrected chi connectivity index (χ1v) is 12.1. The standard InChI is InChI=1S/C28H30F3N3O3/c1-36-25-7-5-20(6-8-25)15-33-27(35)23-13-22(17-34(18-23)16-21-9-11-32-12-10-21)19-37-26-4-2-3-24(14-26)28(29,30)31/h2-12,14,22-23H,13,15-19H2,1H3,(H,33,35)/t22-,23+/m0/s1. The Hall–Kier alpha value is -3.59. The van der Waals surface area contributed by atoms with Crippen molar-refractivity contribution in [2.75, 3.05) is 26.8 Å². The molecule has 1 aliphatic heterocycles. The molecule has 1 aliphatic rings. The van der Waals surface area contributed by atoms with Crippen LogP contribution in [0.3, 0.4) is 0 Å². The van der Waals surface area contributed by atoms with Crippen molar-refractivity contribution in [1.82, 2.24) is 15.2 Å². The van der Waals surface area contributed by atoms with Crippen LogP contribution in [-0.2, 0) is 24.1 Å². The predicted molar refractivity (Wildman–Crippen MR) is 133 cm³/mol. The Morgan fingerprint density at radius 2 is 1.78 bits per heavy atom. The predicted octanol–water partition coefficient (Wildman–Crippen LogP) is 4.94. The molecule has 3 aromatic rings. The highest BCUT2D eigenvalue weighted by Gasteiger charge is 2.33. The molecule has 0 bridgehead atoms. The maximum absolute atomic E-state index is 13.1. The van der Waals surface area contributed by atoms with E-state index in [0.717, 1.165) is 29.0 Å². The molecule has 0 unspecified atom stereocenters. The summed E-state index contributed by atoms with van der Waals surface area (Å²) in [5.74, 6) is 0.560. The smallest absolute Gasteiger partial charge is 0.416 e. The van der Waals surface area contributed by atoms with E-state index < -0.39 is 11.7 Å². The number of likely N-dealkylation sites (tertiary alicyclic amines) is 1. The van der Waals surface area contributed by atoms with Gasteiger partial charge in [0.2, 0.25) is 5.91 Å². The van der Waals surface area contributed by atoms with E-state index in [1.165, 1.54) is 12.1 Å². The summed E-state index contributed by atoms with van der Waals surface area (Å²) in [5, 5.41) is 3.03. The normalized spacial score (nSPS) is 18.3. The molecule has 196 valence electrons. The number of benzene rings is 2. The second kappa shape index (κ2) is 12.1. The third-order valence-corrected chi connectivity index (χ3v) is 6.41. The van der Waals surface area contributed by atoms with Crippen LogP contribution in [0, 0.1) is 11.8 Å². The molecule has 0 spiro atoms. The van der Waals surface area contributed by atoms with Crippen molar-refractivity contribution in [3.05, 3.63) is 89.7 Å². The average Bonchev–Trinajstić information content (AvgIpc) is 2.91. The highest BCUT2D eigenvalue weighted by Crippen LogP contribution is 2.32. The molecule has 2 heterocycles. The van der Waals surface area contributed by atoms with Gasteiger partial charge in [0.05, 0.1) is 25.2 Å². The van der Waals surface area contributed by atoms with E-state index in [0.29, 0.717) is 32.6 Å². The number of nitrogens with zero attached hydrogens (tertiary/aromatic N) is 2. The van der Waals surface area contributed by atoms with Crippen molar-refractivity contribution in [2.24, 2.45) is 11.8 Å². The van der Waals surface area contributed by atoms with E-state index in [9.17, 15) is 18.0 Å². The summed E-state index contributed by atoms with van der Waals surface area (Å²) in [6.07, 6.45) is -0.391. The number of ether oxygens (including phenoxy) is 2. The first-order valence-electron chi connectivity index (χ1n) is 12.1. The lowest BCUT2D eigenvalue weighted by atomic mass is 9.88. The van der Waals surface area contributed by atoms with Gasteiger partial charge in [0.15, 0.2) is 0 Å². The van der Waals surface area contributed by atoms with Crippen LogP contribution in [0.5, 0.6) is 11.5 Å². The van der Waals surface area contributed by atoms with Crippen LogP contribution >= 0.6 is 0 Å². The maximum atomic E-state index is 13.1. The van der Waals surface area contributed by atoms with Gasteiger partial charge in [0, 0.05) is 44.5 Å². The van der Waals surface area contributed by atoms with E-state index in [2.05, 4.69) is 15.2 Å². The fourth-order valence-electron chi connectivity index (χ4n) is 4.54. The molecular formula is C28H30F3N3O3. The molecule has 1 N–H and O–H groups in total. The molecule has 2 aromatic carbocycles. The number of alkyl halides is 3. The molecule has 1 amide bonds. The van der Waals surface area contributed by atoms with Crippen LogP contribution < -0.4 is 14.8 Å². The van der Waals surface area contributed by atoms with Crippen LogP contribution in [0.15, 0.2) is 73.1 Å². The zero-order chi connectivity index (χ0) is 26.3. The van der Waals surface area contributed by atoms with Crippen molar-refractivity contribution in [2.45, 2.75) is 25.7 Å². The molecule has 2 atom stereocenters. The molecule has 1 saturated heterocycles. The first kappa shape index (κ1) is 26.5. The Morgan fingerprint density at radius 3 is 2.49 bits per heavy atom. The van der Waals surface area contributed by atoms with Gasteiger partial charge in [-0.25, -0.2) is 0 Å². The highest BCUT2D eigenvalue weighted by atomic mass is 19.4. The molecule has 6 nitrogen and oxygen atoms in total. The lowest BCUT2D eigenvalue weighted by molar-refractivity contribution is -0.137. The zero-order valence-electron chi connectivity index (χ0n) is 20.6. The van der Waals surface area contributed by atoms with Crippen LogP contribution in [0.25, 0.3) is 0 Å². The van der Waals surface area contributed by atoms with E-state index in [1.54, 1.807) is 19.5 Å². The number of nitrogens with one attached hydrogen (secondary N) is 1. The number of carbonyl (C=O) groups is 1. The second-order valence-electron chi connectivity index (χ2n) is 9.25. The van der Waals surface area contributed by atoms with Gasteiger partial charge in [-0.05, 0) is 60.0 Å². The van der Waals surface area contributed by atoms with E-state index in [4.69, 9.17) is 9.47 Å². The number of pyridine rings is 1. The largest absolute Gasteiger partial charge is 0.497 e. The van der Waals surface area contributed by atoms with Crippen LogP contribution in [0.4, 0.5) is 13.2 Å².